The Morgan fingerprint density at radius 2 is 2.20 bits per heavy atom. The van der Waals surface area contributed by atoms with Crippen LogP contribution in [0.2, 0.25) is 0 Å². The summed E-state index contributed by atoms with van der Waals surface area (Å²) in [7, 11) is 2.25. The molecule has 3 heterocycles. The smallest absolute Gasteiger partial charge is 0.0218 e. The minimum Gasteiger partial charge on any atom is -0.312 e. The van der Waals surface area contributed by atoms with Crippen LogP contribution in [0.15, 0.2) is 0 Å². The van der Waals surface area contributed by atoms with Gasteiger partial charge in [-0.15, -0.1) is 0 Å². The number of nitrogens with zero attached hydrogens (tertiary/aromatic N) is 1. The first kappa shape index (κ1) is 6.62. The van der Waals surface area contributed by atoms with Crippen molar-refractivity contribution in [2.45, 2.75) is 31.3 Å². The Labute approximate surface area is 62.6 Å². The molecule has 0 amide bonds. The van der Waals surface area contributed by atoms with E-state index >= 15 is 0 Å². The fourth-order valence-electron chi connectivity index (χ4n) is 2.07. The van der Waals surface area contributed by atoms with Gasteiger partial charge in [-0.05, 0) is 32.9 Å². The summed E-state index contributed by atoms with van der Waals surface area (Å²) in [5.74, 6) is 0. The fourth-order valence-corrected chi connectivity index (χ4v) is 2.07. The van der Waals surface area contributed by atoms with E-state index in [1.807, 2.05) is 0 Å². The van der Waals surface area contributed by atoms with Crippen LogP contribution in [-0.4, -0.2) is 37.1 Å². The molecular formula is C8H16N2. The Balaban J connectivity index is 2.07. The summed E-state index contributed by atoms with van der Waals surface area (Å²) in [6, 6.07) is 1.67. The summed E-state index contributed by atoms with van der Waals surface area (Å²) in [5, 5.41) is 3.57. The monoisotopic (exact) mass is 140 g/mol. The van der Waals surface area contributed by atoms with Crippen LogP contribution < -0.4 is 5.32 Å². The maximum atomic E-state index is 3.57. The Bertz CT molecular complexity index is 116. The fraction of sp³-hybridized carbons (Fsp3) is 1.00. The van der Waals surface area contributed by atoms with Crippen molar-refractivity contribution in [1.29, 1.82) is 0 Å². The molecule has 0 aromatic heterocycles. The zero-order valence-corrected chi connectivity index (χ0v) is 6.64. The first-order valence-corrected chi connectivity index (χ1v) is 4.30. The summed E-state index contributed by atoms with van der Waals surface area (Å²) in [4.78, 5) is 2.50. The molecule has 3 rings (SSSR count). The van der Waals surface area contributed by atoms with Crippen LogP contribution in [0.4, 0.5) is 0 Å². The number of rotatable bonds is 0. The molecule has 2 bridgehead atoms. The minimum atomic E-state index is 0.832. The number of likely N-dealkylation sites (N-methyl/N-ethyl adjacent to an activating group) is 1. The molecule has 0 aromatic carbocycles. The molecule has 58 valence electrons. The Morgan fingerprint density at radius 3 is 2.90 bits per heavy atom. The topological polar surface area (TPSA) is 15.3 Å². The Kier molecular flexibility index (Phi) is 1.66. The Morgan fingerprint density at radius 1 is 1.30 bits per heavy atom. The van der Waals surface area contributed by atoms with Gasteiger partial charge < -0.3 is 10.2 Å². The number of nitrogens with one attached hydrogen (secondary N) is 1. The van der Waals surface area contributed by atoms with Crippen LogP contribution in [0.1, 0.15) is 19.3 Å². The van der Waals surface area contributed by atoms with E-state index < -0.39 is 0 Å². The zero-order chi connectivity index (χ0) is 6.97. The largest absolute Gasteiger partial charge is 0.312 e. The van der Waals surface area contributed by atoms with E-state index in [9.17, 15) is 0 Å². The van der Waals surface area contributed by atoms with E-state index in [4.69, 9.17) is 0 Å². The van der Waals surface area contributed by atoms with Crippen LogP contribution >= 0.6 is 0 Å². The number of hydrogen-bond acceptors (Lipinski definition) is 2. The predicted octanol–water partition coefficient (Wildman–Crippen LogP) is 0.442. The molecule has 2 nitrogen and oxygen atoms in total. The van der Waals surface area contributed by atoms with Crippen molar-refractivity contribution >= 4 is 0 Å². The third-order valence-electron chi connectivity index (χ3n) is 2.94. The van der Waals surface area contributed by atoms with E-state index in [0.29, 0.717) is 0 Å². The normalized spacial score (nSPS) is 41.7. The van der Waals surface area contributed by atoms with Crippen LogP contribution in [0, 0.1) is 0 Å². The highest BCUT2D eigenvalue weighted by molar-refractivity contribution is 4.87. The standard InChI is InChI=1S/C8H16N2/c1-10-5-4-7-2-3-8(10)6-9-7/h7-9H,2-6H2,1H3/t7-,8+/m1/s1. The van der Waals surface area contributed by atoms with E-state index in [2.05, 4.69) is 17.3 Å². The first-order valence-electron chi connectivity index (χ1n) is 4.30. The maximum absolute atomic E-state index is 3.57. The summed E-state index contributed by atoms with van der Waals surface area (Å²) < 4.78 is 0. The quantitative estimate of drug-likeness (QED) is 0.525. The van der Waals surface area contributed by atoms with Crippen molar-refractivity contribution in [1.82, 2.24) is 10.2 Å². The third kappa shape index (κ3) is 1.06. The average Bonchev–Trinajstić information content (AvgIpc) is 2.24. The molecule has 0 aliphatic carbocycles. The number of hydrogen-bond donors (Lipinski definition) is 1. The van der Waals surface area contributed by atoms with Gasteiger partial charge in [-0.2, -0.15) is 0 Å². The van der Waals surface area contributed by atoms with Crippen LogP contribution in [0.3, 0.4) is 0 Å². The van der Waals surface area contributed by atoms with E-state index in [1.54, 1.807) is 0 Å². The average molecular weight is 140 g/mol. The van der Waals surface area contributed by atoms with Gasteiger partial charge in [-0.25, -0.2) is 0 Å². The lowest BCUT2D eigenvalue weighted by atomic mass is 10.0. The van der Waals surface area contributed by atoms with Gasteiger partial charge in [-0.1, -0.05) is 0 Å². The summed E-state index contributed by atoms with van der Waals surface area (Å²) >= 11 is 0. The molecule has 0 saturated carbocycles. The summed E-state index contributed by atoms with van der Waals surface area (Å²) in [5.41, 5.74) is 0. The van der Waals surface area contributed by atoms with Gasteiger partial charge in [0.1, 0.15) is 0 Å². The van der Waals surface area contributed by atoms with Gasteiger partial charge >= 0.3 is 0 Å². The second kappa shape index (κ2) is 2.51. The second-order valence-corrected chi connectivity index (χ2v) is 3.61. The SMILES string of the molecule is CN1CC[C@H]2CC[C@H]1CN2. The van der Waals surface area contributed by atoms with Crippen molar-refractivity contribution in [3.63, 3.8) is 0 Å². The lowest BCUT2D eigenvalue weighted by Crippen LogP contribution is -2.43. The molecule has 3 aliphatic rings. The van der Waals surface area contributed by atoms with Crippen LogP contribution in [-0.2, 0) is 0 Å². The highest BCUT2D eigenvalue weighted by atomic mass is 15.2. The number of piperidine rings is 1. The van der Waals surface area contributed by atoms with E-state index in [-0.39, 0.29) is 0 Å². The lowest BCUT2D eigenvalue weighted by molar-refractivity contribution is 0.238. The molecule has 0 spiro atoms. The molecule has 0 aromatic rings. The molecule has 3 fully saturated rings. The molecular weight excluding hydrogens is 124 g/mol. The third-order valence-corrected chi connectivity index (χ3v) is 2.94. The maximum Gasteiger partial charge on any atom is 0.0218 e. The van der Waals surface area contributed by atoms with Gasteiger partial charge in [0.05, 0.1) is 0 Å². The highest BCUT2D eigenvalue weighted by Gasteiger charge is 2.27. The predicted molar refractivity (Wildman–Crippen MR) is 42.1 cm³/mol. The van der Waals surface area contributed by atoms with Crippen molar-refractivity contribution in [2.24, 2.45) is 0 Å². The Hall–Kier alpha value is -0.0800. The second-order valence-electron chi connectivity index (χ2n) is 3.61. The highest BCUT2D eigenvalue weighted by Crippen LogP contribution is 2.19. The summed E-state index contributed by atoms with van der Waals surface area (Å²) in [6.45, 7) is 2.52. The van der Waals surface area contributed by atoms with Gasteiger partial charge in [0.2, 0.25) is 0 Å². The molecule has 3 aliphatic heterocycles. The zero-order valence-electron chi connectivity index (χ0n) is 6.64. The molecule has 0 radical (unpaired) electrons. The molecule has 0 unspecified atom stereocenters. The van der Waals surface area contributed by atoms with Crippen molar-refractivity contribution in [2.75, 3.05) is 20.1 Å². The van der Waals surface area contributed by atoms with Gasteiger partial charge in [-0.3, -0.25) is 0 Å². The van der Waals surface area contributed by atoms with E-state index in [0.717, 1.165) is 12.1 Å². The van der Waals surface area contributed by atoms with Gasteiger partial charge in [0.25, 0.3) is 0 Å². The molecule has 1 N–H and O–H groups in total. The van der Waals surface area contributed by atoms with E-state index in [1.165, 1.54) is 32.4 Å². The molecule has 10 heavy (non-hydrogen) atoms. The van der Waals surface area contributed by atoms with Crippen molar-refractivity contribution < 1.29 is 0 Å². The molecule has 2 heteroatoms. The van der Waals surface area contributed by atoms with Crippen LogP contribution in [0.25, 0.3) is 0 Å². The summed E-state index contributed by atoms with van der Waals surface area (Å²) in [6.07, 6.45) is 4.16. The van der Waals surface area contributed by atoms with Crippen molar-refractivity contribution in [3.05, 3.63) is 0 Å². The lowest BCUT2D eigenvalue weighted by Gasteiger charge is -2.28. The minimum absolute atomic E-state index is 0.832. The van der Waals surface area contributed by atoms with Crippen molar-refractivity contribution in [3.8, 4) is 0 Å². The van der Waals surface area contributed by atoms with Gasteiger partial charge in [0.15, 0.2) is 0 Å². The van der Waals surface area contributed by atoms with Crippen LogP contribution in [0.5, 0.6) is 0 Å². The molecule has 2 atom stereocenters. The molecule has 3 saturated heterocycles. The number of fused-ring (bicyclic) bond motifs is 4. The first-order chi connectivity index (χ1) is 4.86. The van der Waals surface area contributed by atoms with Gasteiger partial charge in [0, 0.05) is 18.6 Å².